The Hall–Kier alpha value is -1.35. The van der Waals surface area contributed by atoms with Crippen molar-refractivity contribution in [3.63, 3.8) is 0 Å². The molecule has 0 aromatic heterocycles. The van der Waals surface area contributed by atoms with Gasteiger partial charge in [0.2, 0.25) is 5.91 Å². The summed E-state index contributed by atoms with van der Waals surface area (Å²) in [6.45, 7) is 7.44. The number of rotatable bonds is 4. The summed E-state index contributed by atoms with van der Waals surface area (Å²) in [5.74, 6) is 0.706. The Labute approximate surface area is 122 Å². The van der Waals surface area contributed by atoms with E-state index >= 15 is 0 Å². The van der Waals surface area contributed by atoms with E-state index in [0.717, 1.165) is 24.2 Å². The van der Waals surface area contributed by atoms with Gasteiger partial charge in [-0.2, -0.15) is 0 Å². The molecule has 0 bridgehead atoms. The first kappa shape index (κ1) is 15.0. The molecule has 3 nitrogen and oxygen atoms in total. The quantitative estimate of drug-likeness (QED) is 0.884. The van der Waals surface area contributed by atoms with E-state index in [2.05, 4.69) is 49.6 Å². The third-order valence-electron chi connectivity index (χ3n) is 4.34. The van der Waals surface area contributed by atoms with Crippen LogP contribution in [0.3, 0.4) is 0 Å². The minimum atomic E-state index is 0.125. The second-order valence-corrected chi connectivity index (χ2v) is 5.90. The largest absolute Gasteiger partial charge is 0.326 e. The standard InChI is InChI=1S/C17H26N2O/c1-4-14-9-5-7-13(3)17(14)19-16(20)11-15-12(2)8-6-10-18-15/h5,7,9,12,15,18H,4,6,8,10-11H2,1-3H3,(H,19,20). The zero-order chi connectivity index (χ0) is 14.5. The Morgan fingerprint density at radius 2 is 2.25 bits per heavy atom. The molecule has 0 spiro atoms. The summed E-state index contributed by atoms with van der Waals surface area (Å²) < 4.78 is 0. The number of amides is 1. The van der Waals surface area contributed by atoms with Crippen LogP contribution in [-0.4, -0.2) is 18.5 Å². The van der Waals surface area contributed by atoms with Crippen molar-refractivity contribution in [2.75, 3.05) is 11.9 Å². The lowest BCUT2D eigenvalue weighted by Gasteiger charge is -2.29. The molecule has 1 aliphatic heterocycles. The summed E-state index contributed by atoms with van der Waals surface area (Å²) in [6.07, 6.45) is 3.95. The fraction of sp³-hybridized carbons (Fsp3) is 0.588. The van der Waals surface area contributed by atoms with Gasteiger partial charge < -0.3 is 10.6 Å². The van der Waals surface area contributed by atoms with Crippen molar-refractivity contribution in [3.8, 4) is 0 Å². The Morgan fingerprint density at radius 1 is 1.45 bits per heavy atom. The van der Waals surface area contributed by atoms with Crippen molar-refractivity contribution >= 4 is 11.6 Å². The highest BCUT2D eigenvalue weighted by molar-refractivity contribution is 5.92. The van der Waals surface area contributed by atoms with E-state index in [1.54, 1.807) is 0 Å². The van der Waals surface area contributed by atoms with Gasteiger partial charge in [0.25, 0.3) is 0 Å². The number of nitrogens with one attached hydrogen (secondary N) is 2. The van der Waals surface area contributed by atoms with Crippen LogP contribution in [-0.2, 0) is 11.2 Å². The predicted molar refractivity (Wildman–Crippen MR) is 84.0 cm³/mol. The van der Waals surface area contributed by atoms with Gasteiger partial charge in [0.1, 0.15) is 0 Å². The van der Waals surface area contributed by atoms with Crippen LogP contribution in [0.15, 0.2) is 18.2 Å². The summed E-state index contributed by atoms with van der Waals surface area (Å²) in [4.78, 5) is 12.3. The zero-order valence-electron chi connectivity index (χ0n) is 12.8. The number of carbonyl (C=O) groups excluding carboxylic acids is 1. The maximum atomic E-state index is 12.3. The predicted octanol–water partition coefficient (Wildman–Crippen LogP) is 3.27. The topological polar surface area (TPSA) is 41.1 Å². The maximum Gasteiger partial charge on any atom is 0.225 e. The lowest BCUT2D eigenvalue weighted by Crippen LogP contribution is -2.42. The maximum absolute atomic E-state index is 12.3. The highest BCUT2D eigenvalue weighted by Gasteiger charge is 2.23. The van der Waals surface area contributed by atoms with Gasteiger partial charge in [-0.25, -0.2) is 0 Å². The van der Waals surface area contributed by atoms with Crippen LogP contribution >= 0.6 is 0 Å². The van der Waals surface area contributed by atoms with Crippen molar-refractivity contribution in [2.24, 2.45) is 5.92 Å². The lowest BCUT2D eigenvalue weighted by atomic mass is 9.90. The summed E-state index contributed by atoms with van der Waals surface area (Å²) in [5, 5.41) is 6.59. The van der Waals surface area contributed by atoms with Crippen LogP contribution in [0.4, 0.5) is 5.69 Å². The van der Waals surface area contributed by atoms with E-state index in [4.69, 9.17) is 0 Å². The number of anilines is 1. The van der Waals surface area contributed by atoms with Gasteiger partial charge in [-0.3, -0.25) is 4.79 Å². The van der Waals surface area contributed by atoms with Gasteiger partial charge >= 0.3 is 0 Å². The van der Waals surface area contributed by atoms with Crippen LogP contribution in [0.1, 0.15) is 44.2 Å². The molecule has 2 rings (SSSR count). The van der Waals surface area contributed by atoms with Gasteiger partial charge in [-0.15, -0.1) is 0 Å². The molecule has 1 aromatic rings. The number of aryl methyl sites for hydroxylation is 2. The molecule has 1 amide bonds. The second-order valence-electron chi connectivity index (χ2n) is 5.90. The molecule has 0 saturated carbocycles. The first-order valence-corrected chi connectivity index (χ1v) is 7.73. The molecule has 0 radical (unpaired) electrons. The fourth-order valence-electron chi connectivity index (χ4n) is 2.98. The number of benzene rings is 1. The van der Waals surface area contributed by atoms with Crippen LogP contribution < -0.4 is 10.6 Å². The van der Waals surface area contributed by atoms with Gasteiger partial charge in [0.15, 0.2) is 0 Å². The monoisotopic (exact) mass is 274 g/mol. The van der Waals surface area contributed by atoms with Gasteiger partial charge in [0, 0.05) is 18.2 Å². The molecule has 1 aliphatic rings. The van der Waals surface area contributed by atoms with E-state index < -0.39 is 0 Å². The SMILES string of the molecule is CCc1cccc(C)c1NC(=O)CC1NCCCC1C. The molecule has 110 valence electrons. The van der Waals surface area contributed by atoms with Crippen molar-refractivity contribution in [2.45, 2.75) is 52.5 Å². The van der Waals surface area contributed by atoms with Gasteiger partial charge in [-0.1, -0.05) is 32.0 Å². The Balaban J connectivity index is 2.01. The first-order chi connectivity index (χ1) is 9.61. The van der Waals surface area contributed by atoms with Crippen molar-refractivity contribution < 1.29 is 4.79 Å². The van der Waals surface area contributed by atoms with E-state index in [1.165, 1.54) is 18.4 Å². The van der Waals surface area contributed by atoms with Crippen molar-refractivity contribution in [3.05, 3.63) is 29.3 Å². The summed E-state index contributed by atoms with van der Waals surface area (Å²) >= 11 is 0. The van der Waals surface area contributed by atoms with E-state index in [1.807, 2.05) is 0 Å². The summed E-state index contributed by atoms with van der Waals surface area (Å²) in [5.41, 5.74) is 3.36. The molecule has 2 N–H and O–H groups in total. The van der Waals surface area contributed by atoms with Crippen LogP contribution in [0.25, 0.3) is 0 Å². The fourth-order valence-corrected chi connectivity index (χ4v) is 2.98. The molecule has 1 aromatic carbocycles. The minimum absolute atomic E-state index is 0.125. The number of piperidine rings is 1. The van der Waals surface area contributed by atoms with E-state index in [9.17, 15) is 4.79 Å². The third-order valence-corrected chi connectivity index (χ3v) is 4.34. The normalized spacial score (nSPS) is 22.6. The molecular formula is C17H26N2O. The molecular weight excluding hydrogens is 248 g/mol. The Bertz CT molecular complexity index is 470. The molecule has 1 fully saturated rings. The third kappa shape index (κ3) is 3.60. The van der Waals surface area contributed by atoms with Crippen LogP contribution in [0.5, 0.6) is 0 Å². The molecule has 2 unspecified atom stereocenters. The molecule has 3 heteroatoms. The molecule has 0 aliphatic carbocycles. The summed E-state index contributed by atoms with van der Waals surface area (Å²) in [7, 11) is 0. The minimum Gasteiger partial charge on any atom is -0.326 e. The van der Waals surface area contributed by atoms with Crippen LogP contribution in [0, 0.1) is 12.8 Å². The smallest absolute Gasteiger partial charge is 0.225 e. The number of carbonyl (C=O) groups is 1. The van der Waals surface area contributed by atoms with Crippen molar-refractivity contribution in [1.29, 1.82) is 0 Å². The zero-order valence-corrected chi connectivity index (χ0v) is 12.8. The number of hydrogen-bond acceptors (Lipinski definition) is 2. The van der Waals surface area contributed by atoms with E-state index in [0.29, 0.717) is 18.4 Å². The molecule has 1 heterocycles. The Kier molecular flexibility index (Phi) is 5.18. The summed E-state index contributed by atoms with van der Waals surface area (Å²) in [6, 6.07) is 6.51. The van der Waals surface area contributed by atoms with Gasteiger partial charge in [-0.05, 0) is 49.8 Å². The number of para-hydroxylation sites is 1. The van der Waals surface area contributed by atoms with Crippen molar-refractivity contribution in [1.82, 2.24) is 5.32 Å². The average molecular weight is 274 g/mol. The molecule has 1 saturated heterocycles. The highest BCUT2D eigenvalue weighted by atomic mass is 16.1. The Morgan fingerprint density at radius 3 is 2.95 bits per heavy atom. The van der Waals surface area contributed by atoms with Crippen LogP contribution in [0.2, 0.25) is 0 Å². The first-order valence-electron chi connectivity index (χ1n) is 7.73. The molecule has 20 heavy (non-hydrogen) atoms. The second kappa shape index (κ2) is 6.89. The average Bonchev–Trinajstić information content (AvgIpc) is 2.43. The molecule has 2 atom stereocenters. The highest BCUT2D eigenvalue weighted by Crippen LogP contribution is 2.23. The lowest BCUT2D eigenvalue weighted by molar-refractivity contribution is -0.117. The van der Waals surface area contributed by atoms with E-state index in [-0.39, 0.29) is 5.91 Å². The number of hydrogen-bond donors (Lipinski definition) is 2. The van der Waals surface area contributed by atoms with Gasteiger partial charge in [0.05, 0.1) is 0 Å².